The molecule has 3 rings (SSSR count). The zero-order valence-corrected chi connectivity index (χ0v) is 13.6. The largest absolute Gasteiger partial charge is 0.479 e. The lowest BCUT2D eigenvalue weighted by atomic mass is 9.75. The number of ether oxygens (including phenoxy) is 1. The molecule has 0 saturated carbocycles. The summed E-state index contributed by atoms with van der Waals surface area (Å²) in [4.78, 5) is 24.1. The summed E-state index contributed by atoms with van der Waals surface area (Å²) >= 11 is 0. The number of hydrogen-bond acceptors (Lipinski definition) is 3. The van der Waals surface area contributed by atoms with Gasteiger partial charge in [-0.1, -0.05) is 55.5 Å². The lowest BCUT2D eigenvalue weighted by Crippen LogP contribution is -2.58. The van der Waals surface area contributed by atoms with Crippen molar-refractivity contribution in [1.82, 2.24) is 5.32 Å². The second kappa shape index (κ2) is 6.00. The van der Waals surface area contributed by atoms with Gasteiger partial charge in [0.25, 0.3) is 0 Å². The first-order chi connectivity index (χ1) is 11.5. The van der Waals surface area contributed by atoms with Gasteiger partial charge in [-0.3, -0.25) is 0 Å². The van der Waals surface area contributed by atoms with E-state index >= 15 is 0 Å². The number of fused-ring (bicyclic) bond motifs is 3. The molecule has 0 aliphatic heterocycles. The fraction of sp³-hybridized carbons (Fsp3) is 0.263. The van der Waals surface area contributed by atoms with Gasteiger partial charge in [0.1, 0.15) is 0 Å². The molecule has 2 aromatic rings. The molecule has 0 heterocycles. The molecule has 124 valence electrons. The highest BCUT2D eigenvalue weighted by molar-refractivity contribution is 5.90. The second-order valence-corrected chi connectivity index (χ2v) is 5.85. The molecule has 0 bridgehead atoms. The van der Waals surface area contributed by atoms with Gasteiger partial charge < -0.3 is 15.2 Å². The van der Waals surface area contributed by atoms with E-state index in [4.69, 9.17) is 0 Å². The van der Waals surface area contributed by atoms with Crippen LogP contribution in [-0.4, -0.2) is 29.8 Å². The molecule has 0 radical (unpaired) electrons. The summed E-state index contributed by atoms with van der Waals surface area (Å²) in [6.45, 7) is 1.76. The Kier molecular flexibility index (Phi) is 4.01. The van der Waals surface area contributed by atoms with Gasteiger partial charge in [-0.15, -0.1) is 0 Å². The fourth-order valence-corrected chi connectivity index (χ4v) is 3.61. The third-order valence-corrected chi connectivity index (χ3v) is 4.78. The van der Waals surface area contributed by atoms with Gasteiger partial charge in [-0.05, 0) is 28.7 Å². The van der Waals surface area contributed by atoms with E-state index in [2.05, 4.69) is 10.1 Å². The molecule has 0 spiro atoms. The van der Waals surface area contributed by atoms with E-state index in [1.807, 2.05) is 48.5 Å². The van der Waals surface area contributed by atoms with E-state index < -0.39 is 23.5 Å². The zero-order chi connectivity index (χ0) is 17.3. The van der Waals surface area contributed by atoms with Gasteiger partial charge in [0, 0.05) is 5.92 Å². The molecular formula is C19H19NO4. The third-order valence-electron chi connectivity index (χ3n) is 4.78. The van der Waals surface area contributed by atoms with Crippen LogP contribution in [-0.2, 0) is 9.53 Å². The topological polar surface area (TPSA) is 75.6 Å². The Balaban J connectivity index is 2.24. The van der Waals surface area contributed by atoms with Crippen LogP contribution in [0.1, 0.15) is 30.4 Å². The van der Waals surface area contributed by atoms with Crippen LogP contribution in [0.4, 0.5) is 4.79 Å². The smallest absolute Gasteiger partial charge is 0.407 e. The van der Waals surface area contributed by atoms with Crippen molar-refractivity contribution in [2.24, 2.45) is 0 Å². The van der Waals surface area contributed by atoms with Crippen LogP contribution < -0.4 is 5.32 Å². The van der Waals surface area contributed by atoms with Gasteiger partial charge in [0.2, 0.25) is 0 Å². The molecule has 5 heteroatoms. The third kappa shape index (κ3) is 2.24. The van der Waals surface area contributed by atoms with Crippen LogP contribution in [0.5, 0.6) is 0 Å². The molecule has 2 N–H and O–H groups in total. The summed E-state index contributed by atoms with van der Waals surface area (Å²) in [5, 5.41) is 12.6. The summed E-state index contributed by atoms with van der Waals surface area (Å²) in [6.07, 6.45) is -0.522. The van der Waals surface area contributed by atoms with Crippen molar-refractivity contribution in [2.75, 3.05) is 7.11 Å². The normalized spacial score (nSPS) is 15.1. The van der Waals surface area contributed by atoms with Crippen molar-refractivity contribution >= 4 is 12.1 Å². The number of amides is 1. The van der Waals surface area contributed by atoms with Crippen LogP contribution in [0, 0.1) is 0 Å². The summed E-state index contributed by atoms with van der Waals surface area (Å²) < 4.78 is 4.68. The number of methoxy groups -OCH3 is 1. The maximum absolute atomic E-state index is 12.2. The number of benzene rings is 2. The highest BCUT2D eigenvalue weighted by Crippen LogP contribution is 2.50. The predicted octanol–water partition coefficient (Wildman–Crippen LogP) is 3.39. The second-order valence-electron chi connectivity index (χ2n) is 5.85. The molecule has 0 fully saturated rings. The van der Waals surface area contributed by atoms with Gasteiger partial charge in [0.15, 0.2) is 5.54 Å². The number of nitrogens with one attached hydrogen (secondary N) is 1. The molecule has 5 nitrogen and oxygen atoms in total. The minimum absolute atomic E-state index is 0.227. The molecule has 1 aliphatic carbocycles. The Labute approximate surface area is 140 Å². The maximum Gasteiger partial charge on any atom is 0.407 e. The molecule has 24 heavy (non-hydrogen) atoms. The van der Waals surface area contributed by atoms with E-state index in [0.717, 1.165) is 22.3 Å². The Morgan fingerprint density at radius 3 is 2.00 bits per heavy atom. The van der Waals surface area contributed by atoms with E-state index in [1.54, 1.807) is 6.92 Å². The van der Waals surface area contributed by atoms with Gasteiger partial charge in [-0.2, -0.15) is 0 Å². The molecule has 1 atom stereocenters. The fourth-order valence-electron chi connectivity index (χ4n) is 3.61. The maximum atomic E-state index is 12.2. The Hall–Kier alpha value is -2.82. The van der Waals surface area contributed by atoms with Crippen molar-refractivity contribution in [3.63, 3.8) is 0 Å². The van der Waals surface area contributed by atoms with E-state index in [-0.39, 0.29) is 6.42 Å². The van der Waals surface area contributed by atoms with Crippen molar-refractivity contribution in [3.05, 3.63) is 59.7 Å². The van der Waals surface area contributed by atoms with Crippen LogP contribution in [0.3, 0.4) is 0 Å². The Morgan fingerprint density at radius 1 is 1.08 bits per heavy atom. The zero-order valence-electron chi connectivity index (χ0n) is 13.6. The van der Waals surface area contributed by atoms with Crippen LogP contribution in [0.25, 0.3) is 11.1 Å². The van der Waals surface area contributed by atoms with E-state index in [1.165, 1.54) is 7.11 Å². The van der Waals surface area contributed by atoms with Crippen LogP contribution in [0.2, 0.25) is 0 Å². The summed E-state index contributed by atoms with van der Waals surface area (Å²) in [5.74, 6) is -1.56. The number of carboxylic acids is 1. The highest BCUT2D eigenvalue weighted by atomic mass is 16.5. The molecule has 0 saturated heterocycles. The number of carbonyl (C=O) groups excluding carboxylic acids is 1. The van der Waals surface area contributed by atoms with Crippen molar-refractivity contribution in [3.8, 4) is 11.1 Å². The van der Waals surface area contributed by atoms with Gasteiger partial charge in [-0.25, -0.2) is 9.59 Å². The van der Waals surface area contributed by atoms with E-state index in [9.17, 15) is 14.7 Å². The number of carbonyl (C=O) groups is 2. The van der Waals surface area contributed by atoms with Crippen molar-refractivity contribution < 1.29 is 19.4 Å². The first-order valence-electron chi connectivity index (χ1n) is 7.83. The van der Waals surface area contributed by atoms with Crippen molar-refractivity contribution in [2.45, 2.75) is 24.8 Å². The van der Waals surface area contributed by atoms with Crippen molar-refractivity contribution in [1.29, 1.82) is 0 Å². The summed E-state index contributed by atoms with van der Waals surface area (Å²) in [7, 11) is 1.23. The molecule has 1 amide bonds. The minimum atomic E-state index is -1.48. The summed E-state index contributed by atoms with van der Waals surface area (Å²) in [6, 6.07) is 15.4. The Bertz CT molecular complexity index is 756. The average Bonchev–Trinajstić information content (AvgIpc) is 2.94. The number of aliphatic carboxylic acids is 1. The minimum Gasteiger partial charge on any atom is -0.479 e. The first-order valence-corrected chi connectivity index (χ1v) is 7.83. The quantitative estimate of drug-likeness (QED) is 0.903. The van der Waals surface area contributed by atoms with E-state index in [0.29, 0.717) is 0 Å². The lowest BCUT2D eigenvalue weighted by Gasteiger charge is -2.35. The van der Waals surface area contributed by atoms with Gasteiger partial charge in [0.05, 0.1) is 7.11 Å². The SMILES string of the molecule is CCC(NC(=O)OC)(C(=O)O)C1c2ccccc2-c2ccccc21. The summed E-state index contributed by atoms with van der Waals surface area (Å²) in [5.41, 5.74) is 2.34. The standard InChI is InChI=1S/C19H19NO4/c1-3-19(17(21)22,20-18(23)24-2)16-14-10-6-4-8-12(14)13-9-5-7-11-15(13)16/h4-11,16H,3H2,1-2H3,(H,20,23)(H,21,22). The van der Waals surface area contributed by atoms with Gasteiger partial charge >= 0.3 is 12.1 Å². The Morgan fingerprint density at radius 2 is 1.58 bits per heavy atom. The number of carboxylic acid groups (broad SMARTS) is 1. The average molecular weight is 325 g/mol. The lowest BCUT2D eigenvalue weighted by molar-refractivity contribution is -0.145. The number of rotatable bonds is 4. The molecule has 1 aliphatic rings. The molecule has 1 unspecified atom stereocenters. The highest BCUT2D eigenvalue weighted by Gasteiger charge is 2.51. The van der Waals surface area contributed by atoms with Crippen LogP contribution in [0.15, 0.2) is 48.5 Å². The molecular weight excluding hydrogens is 306 g/mol. The predicted molar refractivity (Wildman–Crippen MR) is 89.9 cm³/mol. The first kappa shape index (κ1) is 16.1. The molecule has 0 aromatic heterocycles. The number of alkyl carbamates (subject to hydrolysis) is 1. The number of hydrogen-bond donors (Lipinski definition) is 2. The monoisotopic (exact) mass is 325 g/mol. The molecule has 2 aromatic carbocycles. The van der Waals surface area contributed by atoms with Crippen LogP contribution >= 0.6 is 0 Å².